The van der Waals surface area contributed by atoms with E-state index < -0.39 is 0 Å². The Morgan fingerprint density at radius 1 is 1.29 bits per heavy atom. The number of rotatable bonds is 4. The van der Waals surface area contributed by atoms with Crippen LogP contribution in [0.5, 0.6) is 5.75 Å². The van der Waals surface area contributed by atoms with Crippen LogP contribution in [0, 0.1) is 6.92 Å². The van der Waals surface area contributed by atoms with Gasteiger partial charge in [-0.05, 0) is 30.4 Å². The van der Waals surface area contributed by atoms with E-state index in [1.807, 2.05) is 0 Å². The normalized spacial score (nSPS) is 10.6. The van der Waals surface area contributed by atoms with E-state index in [1.54, 1.807) is 0 Å². The Balaban J connectivity index is 2.96. The molecule has 78 valence electrons. The first-order chi connectivity index (χ1) is 6.66. The fourth-order valence-electron chi connectivity index (χ4n) is 1.53. The van der Waals surface area contributed by atoms with Gasteiger partial charge in [-0.2, -0.15) is 0 Å². The van der Waals surface area contributed by atoms with Crippen LogP contribution in [-0.4, -0.2) is 6.61 Å². The maximum atomic E-state index is 5.78. The number of ether oxygens (including phenoxy) is 1. The molecule has 1 heteroatoms. The van der Waals surface area contributed by atoms with Gasteiger partial charge in [0.2, 0.25) is 0 Å². The minimum atomic E-state index is 0.529. The van der Waals surface area contributed by atoms with Gasteiger partial charge in [0.05, 0.1) is 6.61 Å². The lowest BCUT2D eigenvalue weighted by molar-refractivity contribution is 0.311. The smallest absolute Gasteiger partial charge is 0.125 e. The molecular weight excluding hydrogens is 172 g/mol. The molecule has 0 saturated carbocycles. The lowest BCUT2D eigenvalue weighted by atomic mass is 10.00. The van der Waals surface area contributed by atoms with Gasteiger partial charge < -0.3 is 4.74 Å². The molecule has 0 spiro atoms. The Kier molecular flexibility index (Phi) is 3.99. The van der Waals surface area contributed by atoms with Gasteiger partial charge in [0.25, 0.3) is 0 Å². The van der Waals surface area contributed by atoms with Crippen LogP contribution >= 0.6 is 0 Å². The van der Waals surface area contributed by atoms with Gasteiger partial charge in [0.1, 0.15) is 5.75 Å². The van der Waals surface area contributed by atoms with E-state index in [2.05, 4.69) is 45.9 Å². The monoisotopic (exact) mass is 192 g/mol. The zero-order valence-corrected chi connectivity index (χ0v) is 9.63. The molecule has 1 aromatic carbocycles. The van der Waals surface area contributed by atoms with E-state index in [1.165, 1.54) is 11.1 Å². The van der Waals surface area contributed by atoms with Crippen molar-refractivity contribution in [2.24, 2.45) is 0 Å². The van der Waals surface area contributed by atoms with Crippen molar-refractivity contribution in [3.8, 4) is 5.75 Å². The molecule has 0 aromatic heterocycles. The topological polar surface area (TPSA) is 9.23 Å². The highest BCUT2D eigenvalue weighted by Crippen LogP contribution is 2.29. The van der Waals surface area contributed by atoms with Crippen LogP contribution in [0.1, 0.15) is 44.2 Å². The zero-order chi connectivity index (χ0) is 10.6. The molecule has 0 fully saturated rings. The summed E-state index contributed by atoms with van der Waals surface area (Å²) in [5.41, 5.74) is 2.56. The zero-order valence-electron chi connectivity index (χ0n) is 9.63. The first kappa shape index (κ1) is 11.1. The molecular formula is C13H20O. The van der Waals surface area contributed by atoms with Crippen LogP contribution in [0.3, 0.4) is 0 Å². The van der Waals surface area contributed by atoms with Crippen LogP contribution in [-0.2, 0) is 0 Å². The molecule has 1 aromatic rings. The Morgan fingerprint density at radius 2 is 2.00 bits per heavy atom. The molecule has 0 aliphatic carbocycles. The molecule has 0 bridgehead atoms. The van der Waals surface area contributed by atoms with Gasteiger partial charge in [0.15, 0.2) is 0 Å². The van der Waals surface area contributed by atoms with Crippen molar-refractivity contribution < 1.29 is 4.74 Å². The Hall–Kier alpha value is -0.980. The highest BCUT2D eigenvalue weighted by atomic mass is 16.5. The molecule has 0 saturated heterocycles. The largest absolute Gasteiger partial charge is 0.493 e. The summed E-state index contributed by atoms with van der Waals surface area (Å²) < 4.78 is 5.78. The number of benzene rings is 1. The maximum Gasteiger partial charge on any atom is 0.125 e. The summed E-state index contributed by atoms with van der Waals surface area (Å²) >= 11 is 0. The third kappa shape index (κ3) is 2.50. The molecule has 0 aliphatic rings. The molecule has 14 heavy (non-hydrogen) atoms. The highest BCUT2D eigenvalue weighted by Gasteiger charge is 2.09. The first-order valence-electron chi connectivity index (χ1n) is 5.39. The van der Waals surface area contributed by atoms with Crippen molar-refractivity contribution >= 4 is 0 Å². The van der Waals surface area contributed by atoms with Crippen molar-refractivity contribution in [2.45, 2.75) is 40.0 Å². The van der Waals surface area contributed by atoms with Gasteiger partial charge in [-0.1, -0.05) is 39.0 Å². The Labute approximate surface area is 87.1 Å². The fourth-order valence-corrected chi connectivity index (χ4v) is 1.53. The Morgan fingerprint density at radius 3 is 2.57 bits per heavy atom. The molecule has 0 heterocycles. The third-order valence-electron chi connectivity index (χ3n) is 2.31. The SMILES string of the molecule is CCCOc1c(C)cccc1C(C)C. The number of para-hydroxylation sites is 1. The van der Waals surface area contributed by atoms with E-state index in [4.69, 9.17) is 4.74 Å². The number of hydrogen-bond acceptors (Lipinski definition) is 1. The van der Waals surface area contributed by atoms with E-state index in [0.717, 1.165) is 18.8 Å². The van der Waals surface area contributed by atoms with Crippen molar-refractivity contribution in [1.29, 1.82) is 0 Å². The molecule has 1 rings (SSSR count). The molecule has 0 atom stereocenters. The van der Waals surface area contributed by atoms with Gasteiger partial charge in [-0.25, -0.2) is 0 Å². The minimum absolute atomic E-state index is 0.529. The van der Waals surface area contributed by atoms with Gasteiger partial charge in [0, 0.05) is 0 Å². The van der Waals surface area contributed by atoms with Crippen molar-refractivity contribution in [3.63, 3.8) is 0 Å². The summed E-state index contributed by atoms with van der Waals surface area (Å²) in [6, 6.07) is 6.36. The van der Waals surface area contributed by atoms with Gasteiger partial charge in [-0.15, -0.1) is 0 Å². The van der Waals surface area contributed by atoms with Crippen LogP contribution < -0.4 is 4.74 Å². The average Bonchev–Trinajstić information content (AvgIpc) is 2.15. The second-order valence-corrected chi connectivity index (χ2v) is 4.00. The van der Waals surface area contributed by atoms with Crippen LogP contribution in [0.25, 0.3) is 0 Å². The maximum absolute atomic E-state index is 5.78. The summed E-state index contributed by atoms with van der Waals surface area (Å²) in [4.78, 5) is 0. The van der Waals surface area contributed by atoms with Crippen molar-refractivity contribution in [3.05, 3.63) is 29.3 Å². The van der Waals surface area contributed by atoms with Crippen LogP contribution in [0.15, 0.2) is 18.2 Å². The van der Waals surface area contributed by atoms with E-state index in [-0.39, 0.29) is 0 Å². The second-order valence-electron chi connectivity index (χ2n) is 4.00. The van der Waals surface area contributed by atoms with E-state index in [9.17, 15) is 0 Å². The van der Waals surface area contributed by atoms with Crippen LogP contribution in [0.2, 0.25) is 0 Å². The molecule has 0 aliphatic heterocycles. The minimum Gasteiger partial charge on any atom is -0.493 e. The average molecular weight is 192 g/mol. The third-order valence-corrected chi connectivity index (χ3v) is 2.31. The van der Waals surface area contributed by atoms with E-state index in [0.29, 0.717) is 5.92 Å². The summed E-state index contributed by atoms with van der Waals surface area (Å²) in [5, 5.41) is 0. The summed E-state index contributed by atoms with van der Waals surface area (Å²) in [6.45, 7) is 9.45. The number of aryl methyl sites for hydroxylation is 1. The van der Waals surface area contributed by atoms with E-state index >= 15 is 0 Å². The van der Waals surface area contributed by atoms with Gasteiger partial charge in [-0.3, -0.25) is 0 Å². The van der Waals surface area contributed by atoms with Crippen molar-refractivity contribution in [2.75, 3.05) is 6.61 Å². The Bertz CT molecular complexity index is 289. The predicted octanol–water partition coefficient (Wildman–Crippen LogP) is 3.91. The second kappa shape index (κ2) is 5.04. The summed E-state index contributed by atoms with van der Waals surface area (Å²) in [7, 11) is 0. The molecule has 0 N–H and O–H groups in total. The molecule has 0 unspecified atom stereocenters. The van der Waals surface area contributed by atoms with Crippen molar-refractivity contribution in [1.82, 2.24) is 0 Å². The standard InChI is InChI=1S/C13H20O/c1-5-9-14-13-11(4)7-6-8-12(13)10(2)3/h6-8,10H,5,9H2,1-4H3. The highest BCUT2D eigenvalue weighted by molar-refractivity contribution is 5.42. The predicted molar refractivity (Wildman–Crippen MR) is 61.1 cm³/mol. The lowest BCUT2D eigenvalue weighted by Gasteiger charge is -2.15. The quantitative estimate of drug-likeness (QED) is 0.703. The molecule has 0 amide bonds. The first-order valence-corrected chi connectivity index (χ1v) is 5.39. The van der Waals surface area contributed by atoms with Gasteiger partial charge >= 0.3 is 0 Å². The molecule has 0 radical (unpaired) electrons. The summed E-state index contributed by atoms with van der Waals surface area (Å²) in [6.07, 6.45) is 1.06. The fraction of sp³-hybridized carbons (Fsp3) is 0.538. The lowest BCUT2D eigenvalue weighted by Crippen LogP contribution is -2.01. The molecule has 1 nitrogen and oxygen atoms in total. The van der Waals surface area contributed by atoms with Crippen LogP contribution in [0.4, 0.5) is 0 Å². The number of hydrogen-bond donors (Lipinski definition) is 0. The summed E-state index contributed by atoms with van der Waals surface area (Å²) in [5.74, 6) is 1.62.